The Kier molecular flexibility index (Phi) is 4.97. The highest BCUT2D eigenvalue weighted by Crippen LogP contribution is 2.15. The largest absolute Gasteiger partial charge is 0.311 e. The number of aryl methyl sites for hydroxylation is 2. The van der Waals surface area contributed by atoms with E-state index in [1.165, 1.54) is 5.56 Å². The van der Waals surface area contributed by atoms with Gasteiger partial charge in [0.05, 0.1) is 24.7 Å². The Morgan fingerprint density at radius 3 is 2.80 bits per heavy atom. The minimum atomic E-state index is -0.192. The molecule has 0 unspecified atom stereocenters. The third-order valence-electron chi connectivity index (χ3n) is 4.04. The summed E-state index contributed by atoms with van der Waals surface area (Å²) in [6, 6.07) is 12.0. The number of carbonyl (C=O) groups is 1. The lowest BCUT2D eigenvalue weighted by molar-refractivity contribution is -0.119. The lowest BCUT2D eigenvalue weighted by Crippen LogP contribution is -2.26. The molecule has 3 aromatic rings. The maximum absolute atomic E-state index is 12.5. The van der Waals surface area contributed by atoms with Gasteiger partial charge in [-0.05, 0) is 25.5 Å². The maximum Gasteiger partial charge on any atom is 0.230 e. The molecular formula is C19H23N5O. The first-order valence-corrected chi connectivity index (χ1v) is 8.39. The number of benzene rings is 1. The smallest absolute Gasteiger partial charge is 0.230 e. The summed E-state index contributed by atoms with van der Waals surface area (Å²) in [7, 11) is 0. The molecule has 1 aromatic carbocycles. The highest BCUT2D eigenvalue weighted by Gasteiger charge is 2.16. The second kappa shape index (κ2) is 7.34. The van der Waals surface area contributed by atoms with Crippen LogP contribution in [0, 0.1) is 19.8 Å². The average molecular weight is 337 g/mol. The first-order chi connectivity index (χ1) is 12.0. The van der Waals surface area contributed by atoms with Crippen LogP contribution < -0.4 is 5.32 Å². The van der Waals surface area contributed by atoms with Gasteiger partial charge in [0.15, 0.2) is 0 Å². The molecule has 6 heteroatoms. The molecule has 2 heterocycles. The number of anilines is 1. The first kappa shape index (κ1) is 17.0. The van der Waals surface area contributed by atoms with Crippen LogP contribution in [0.3, 0.4) is 0 Å². The number of carbonyl (C=O) groups excluding carboxylic acids is 1. The number of nitrogens with zero attached hydrogens (tertiary/aromatic N) is 4. The van der Waals surface area contributed by atoms with E-state index >= 15 is 0 Å². The van der Waals surface area contributed by atoms with Crippen molar-refractivity contribution in [3.05, 3.63) is 65.6 Å². The Morgan fingerprint density at radius 2 is 2.08 bits per heavy atom. The molecule has 0 aliphatic heterocycles. The lowest BCUT2D eigenvalue weighted by Gasteiger charge is -2.14. The Labute approximate surface area is 147 Å². The SMILES string of the molecule is Cc1cccc(Cn2nc(C)cc2NC(=O)[C@@H](C)Cn2cccn2)c1. The van der Waals surface area contributed by atoms with Crippen molar-refractivity contribution in [2.75, 3.05) is 5.32 Å². The molecule has 1 N–H and O–H groups in total. The first-order valence-electron chi connectivity index (χ1n) is 8.39. The molecule has 1 atom stereocenters. The third kappa shape index (κ3) is 4.35. The van der Waals surface area contributed by atoms with Crippen LogP contribution in [0.25, 0.3) is 0 Å². The van der Waals surface area contributed by atoms with Crippen molar-refractivity contribution in [3.63, 3.8) is 0 Å². The Balaban J connectivity index is 1.70. The van der Waals surface area contributed by atoms with E-state index in [4.69, 9.17) is 0 Å². The number of amides is 1. The van der Waals surface area contributed by atoms with Gasteiger partial charge in [0.1, 0.15) is 5.82 Å². The predicted octanol–water partition coefficient (Wildman–Crippen LogP) is 3.02. The van der Waals surface area contributed by atoms with Crippen molar-refractivity contribution in [2.45, 2.75) is 33.9 Å². The van der Waals surface area contributed by atoms with Gasteiger partial charge in [-0.25, -0.2) is 4.68 Å². The monoisotopic (exact) mass is 337 g/mol. The van der Waals surface area contributed by atoms with Crippen molar-refractivity contribution in [1.82, 2.24) is 19.6 Å². The quantitative estimate of drug-likeness (QED) is 0.752. The molecule has 0 aliphatic carbocycles. The maximum atomic E-state index is 12.5. The van der Waals surface area contributed by atoms with E-state index in [1.807, 2.05) is 42.9 Å². The Morgan fingerprint density at radius 1 is 1.24 bits per heavy atom. The van der Waals surface area contributed by atoms with E-state index in [0.29, 0.717) is 13.1 Å². The molecule has 1 amide bonds. The number of hydrogen-bond acceptors (Lipinski definition) is 3. The van der Waals surface area contributed by atoms with E-state index in [9.17, 15) is 4.79 Å². The van der Waals surface area contributed by atoms with Gasteiger partial charge in [0.2, 0.25) is 5.91 Å². The minimum Gasteiger partial charge on any atom is -0.311 e. The molecule has 0 saturated heterocycles. The number of rotatable bonds is 6. The fourth-order valence-corrected chi connectivity index (χ4v) is 2.77. The molecule has 0 aliphatic rings. The van der Waals surface area contributed by atoms with Crippen molar-refractivity contribution >= 4 is 11.7 Å². The van der Waals surface area contributed by atoms with Gasteiger partial charge < -0.3 is 5.32 Å². The molecule has 6 nitrogen and oxygen atoms in total. The van der Waals surface area contributed by atoms with E-state index in [0.717, 1.165) is 17.1 Å². The van der Waals surface area contributed by atoms with Crippen LogP contribution in [0.1, 0.15) is 23.7 Å². The standard InChI is InChI=1S/C19H23N5O/c1-14-6-4-7-17(10-14)13-24-18(11-16(3)22-24)21-19(25)15(2)12-23-9-5-8-20-23/h4-11,15H,12-13H2,1-3H3,(H,21,25)/t15-/m0/s1. The van der Waals surface area contributed by atoms with Crippen LogP contribution in [-0.4, -0.2) is 25.5 Å². The summed E-state index contributed by atoms with van der Waals surface area (Å²) in [5.74, 6) is 0.486. The van der Waals surface area contributed by atoms with Crippen molar-refractivity contribution < 1.29 is 4.79 Å². The fourth-order valence-electron chi connectivity index (χ4n) is 2.77. The van der Waals surface area contributed by atoms with Crippen LogP contribution in [-0.2, 0) is 17.9 Å². The highest BCUT2D eigenvalue weighted by atomic mass is 16.2. The molecule has 0 spiro atoms. The number of hydrogen-bond donors (Lipinski definition) is 1. The van der Waals surface area contributed by atoms with Crippen LogP contribution in [0.15, 0.2) is 48.8 Å². The van der Waals surface area contributed by atoms with E-state index in [2.05, 4.69) is 40.6 Å². The molecule has 0 fully saturated rings. The minimum absolute atomic E-state index is 0.0408. The zero-order valence-corrected chi connectivity index (χ0v) is 14.8. The zero-order valence-electron chi connectivity index (χ0n) is 14.8. The van der Waals surface area contributed by atoms with Gasteiger partial charge in [0, 0.05) is 18.5 Å². The molecule has 2 aromatic heterocycles. The molecular weight excluding hydrogens is 314 g/mol. The summed E-state index contributed by atoms with van der Waals surface area (Å²) in [5.41, 5.74) is 3.24. The molecule has 130 valence electrons. The summed E-state index contributed by atoms with van der Waals surface area (Å²) < 4.78 is 3.60. The topological polar surface area (TPSA) is 64.7 Å². The van der Waals surface area contributed by atoms with E-state index in [-0.39, 0.29) is 11.8 Å². The summed E-state index contributed by atoms with van der Waals surface area (Å²) in [6.07, 6.45) is 3.57. The average Bonchev–Trinajstić information content (AvgIpc) is 3.17. The van der Waals surface area contributed by atoms with E-state index < -0.39 is 0 Å². The second-order valence-corrected chi connectivity index (χ2v) is 6.44. The second-order valence-electron chi connectivity index (χ2n) is 6.44. The van der Waals surface area contributed by atoms with Gasteiger partial charge >= 0.3 is 0 Å². The molecule has 25 heavy (non-hydrogen) atoms. The van der Waals surface area contributed by atoms with Crippen LogP contribution in [0.2, 0.25) is 0 Å². The lowest BCUT2D eigenvalue weighted by atomic mass is 10.1. The Bertz CT molecular complexity index is 851. The van der Waals surface area contributed by atoms with E-state index in [1.54, 1.807) is 10.9 Å². The van der Waals surface area contributed by atoms with Gasteiger partial charge in [-0.3, -0.25) is 9.48 Å². The van der Waals surface area contributed by atoms with Crippen molar-refractivity contribution in [3.8, 4) is 0 Å². The summed E-state index contributed by atoms with van der Waals surface area (Å²) >= 11 is 0. The Hall–Kier alpha value is -2.89. The predicted molar refractivity (Wildman–Crippen MR) is 97.3 cm³/mol. The molecule has 0 saturated carbocycles. The zero-order chi connectivity index (χ0) is 17.8. The summed E-state index contributed by atoms with van der Waals surface area (Å²) in [6.45, 7) is 7.06. The van der Waals surface area contributed by atoms with Crippen LogP contribution >= 0.6 is 0 Å². The van der Waals surface area contributed by atoms with Gasteiger partial charge in [0.25, 0.3) is 0 Å². The van der Waals surface area contributed by atoms with Crippen molar-refractivity contribution in [2.24, 2.45) is 5.92 Å². The number of nitrogens with one attached hydrogen (secondary N) is 1. The third-order valence-corrected chi connectivity index (χ3v) is 4.04. The van der Waals surface area contributed by atoms with Crippen LogP contribution in [0.4, 0.5) is 5.82 Å². The molecule has 0 bridgehead atoms. The van der Waals surface area contributed by atoms with Gasteiger partial charge in [-0.2, -0.15) is 10.2 Å². The highest BCUT2D eigenvalue weighted by molar-refractivity contribution is 5.91. The summed E-state index contributed by atoms with van der Waals surface area (Å²) in [5, 5.41) is 11.7. The molecule has 0 radical (unpaired) electrons. The van der Waals surface area contributed by atoms with Gasteiger partial charge in [-0.1, -0.05) is 36.8 Å². The summed E-state index contributed by atoms with van der Waals surface area (Å²) in [4.78, 5) is 12.5. The van der Waals surface area contributed by atoms with Crippen LogP contribution in [0.5, 0.6) is 0 Å². The van der Waals surface area contributed by atoms with Gasteiger partial charge in [-0.15, -0.1) is 0 Å². The fraction of sp³-hybridized carbons (Fsp3) is 0.316. The number of aromatic nitrogens is 4. The molecule has 3 rings (SSSR count). The normalized spacial score (nSPS) is 12.1. The van der Waals surface area contributed by atoms with Crippen molar-refractivity contribution in [1.29, 1.82) is 0 Å².